The van der Waals surface area contributed by atoms with Gasteiger partial charge < -0.3 is 29.7 Å². The fourth-order valence-corrected chi connectivity index (χ4v) is 6.55. The molecule has 10 nitrogen and oxygen atoms in total. The summed E-state index contributed by atoms with van der Waals surface area (Å²) in [5, 5.41) is 39.9. The first kappa shape index (κ1) is 32.0. The van der Waals surface area contributed by atoms with Crippen molar-refractivity contribution < 1.29 is 42.8 Å². The number of halogens is 5. The number of ether oxygens (including phenoxy) is 2. The van der Waals surface area contributed by atoms with Crippen LogP contribution >= 0.6 is 35.0 Å². The summed E-state index contributed by atoms with van der Waals surface area (Å²) >= 11 is 13.4. The van der Waals surface area contributed by atoms with E-state index < -0.39 is 72.5 Å². The van der Waals surface area contributed by atoms with Gasteiger partial charge in [0.2, 0.25) is 5.91 Å². The smallest absolute Gasteiger partial charge is 0.248 e. The highest BCUT2D eigenvalue weighted by atomic mass is 35.5. The van der Waals surface area contributed by atoms with Crippen molar-refractivity contribution >= 4 is 40.9 Å². The predicted molar refractivity (Wildman–Crippen MR) is 150 cm³/mol. The van der Waals surface area contributed by atoms with E-state index in [4.69, 9.17) is 32.7 Å². The van der Waals surface area contributed by atoms with Crippen molar-refractivity contribution in [3.63, 3.8) is 0 Å². The molecule has 0 spiro atoms. The maximum absolute atomic E-state index is 13.9. The Morgan fingerprint density at radius 1 is 1.14 bits per heavy atom. The monoisotopic (exact) mass is 662 g/mol. The third-order valence-corrected chi connectivity index (χ3v) is 9.09. The number of aliphatic hydroxyl groups is 3. The Bertz CT molecular complexity index is 1450. The Kier molecular flexibility index (Phi) is 10.2. The number of benzene rings is 2. The van der Waals surface area contributed by atoms with Gasteiger partial charge in [-0.2, -0.15) is 0 Å². The molecule has 3 N–H and O–H groups in total. The van der Waals surface area contributed by atoms with Crippen molar-refractivity contribution in [2.75, 3.05) is 26.3 Å². The molecule has 0 radical (unpaired) electrons. The van der Waals surface area contributed by atoms with E-state index in [1.54, 1.807) is 18.2 Å². The molecule has 3 heterocycles. The molecular formula is C27H27Cl2F3N4O6S. The van der Waals surface area contributed by atoms with Gasteiger partial charge >= 0.3 is 0 Å². The van der Waals surface area contributed by atoms with Crippen LogP contribution in [0, 0.1) is 17.5 Å². The van der Waals surface area contributed by atoms with Crippen molar-refractivity contribution in [3.05, 3.63) is 64.0 Å². The maximum atomic E-state index is 13.9. The molecule has 1 amide bonds. The van der Waals surface area contributed by atoms with Crippen molar-refractivity contribution in [2.24, 2.45) is 0 Å². The van der Waals surface area contributed by atoms with Crippen LogP contribution in [0.4, 0.5) is 13.2 Å². The lowest BCUT2D eigenvalue weighted by Gasteiger charge is -2.44. The number of piperidine rings is 1. The second kappa shape index (κ2) is 13.7. The minimum absolute atomic E-state index is 0.0390. The maximum Gasteiger partial charge on any atom is 0.248 e. The first-order valence-corrected chi connectivity index (χ1v) is 14.9. The molecule has 5 rings (SSSR count). The molecule has 16 heteroatoms. The molecule has 3 aromatic rings. The van der Waals surface area contributed by atoms with Crippen LogP contribution in [0.3, 0.4) is 0 Å². The predicted octanol–water partition coefficient (Wildman–Crippen LogP) is 3.45. The number of carbonyl (C=O) groups is 1. The summed E-state index contributed by atoms with van der Waals surface area (Å²) in [6.45, 7) is -0.441. The molecule has 2 aliphatic heterocycles. The van der Waals surface area contributed by atoms with E-state index in [9.17, 15) is 33.3 Å². The number of rotatable bonds is 8. The van der Waals surface area contributed by atoms with Gasteiger partial charge in [-0.15, -0.1) is 5.10 Å². The van der Waals surface area contributed by atoms with Gasteiger partial charge in [0.05, 0.1) is 29.0 Å². The zero-order valence-electron chi connectivity index (χ0n) is 22.3. The van der Waals surface area contributed by atoms with Gasteiger partial charge in [-0.1, -0.05) is 40.2 Å². The topological polar surface area (TPSA) is 130 Å². The van der Waals surface area contributed by atoms with E-state index in [-0.39, 0.29) is 22.8 Å². The van der Waals surface area contributed by atoms with E-state index in [2.05, 4.69) is 10.3 Å². The van der Waals surface area contributed by atoms with Gasteiger partial charge in [-0.25, -0.2) is 17.9 Å². The number of β-amino-alcohol motifs (C(OH)–C–C–N with tert-alkyl or cyclic N) is 1. The quantitative estimate of drug-likeness (QED) is 0.311. The van der Waals surface area contributed by atoms with E-state index in [1.165, 1.54) is 15.8 Å². The molecule has 0 saturated carbocycles. The van der Waals surface area contributed by atoms with E-state index in [1.807, 2.05) is 0 Å². The lowest BCUT2D eigenvalue weighted by molar-refractivity contribution is -0.195. The second-order valence-electron chi connectivity index (χ2n) is 10.1. The Hall–Kier alpha value is -2.43. The van der Waals surface area contributed by atoms with E-state index in [0.717, 1.165) is 23.9 Å². The molecule has 232 valence electrons. The van der Waals surface area contributed by atoms with Crippen LogP contribution < -0.4 is 0 Å². The zero-order valence-corrected chi connectivity index (χ0v) is 24.7. The van der Waals surface area contributed by atoms with Crippen molar-refractivity contribution in [3.8, 4) is 11.3 Å². The number of thioether (sulfide) groups is 1. The number of amides is 1. The van der Waals surface area contributed by atoms with Crippen LogP contribution in [0.5, 0.6) is 0 Å². The number of aromatic nitrogens is 3. The fraction of sp³-hybridized carbons (Fsp3) is 0.444. The summed E-state index contributed by atoms with van der Waals surface area (Å²) in [5.41, 5.74) is -1.10. The van der Waals surface area contributed by atoms with Crippen LogP contribution in [0.25, 0.3) is 11.3 Å². The third kappa shape index (κ3) is 7.12. The van der Waals surface area contributed by atoms with Crippen LogP contribution in [-0.2, 0) is 14.3 Å². The summed E-state index contributed by atoms with van der Waals surface area (Å²) in [4.78, 5) is 15.1. The molecule has 2 saturated heterocycles. The van der Waals surface area contributed by atoms with Crippen LogP contribution in [0.2, 0.25) is 10.0 Å². The second-order valence-corrected chi connectivity index (χ2v) is 12.1. The largest absolute Gasteiger partial charge is 0.394 e. The van der Waals surface area contributed by atoms with Crippen LogP contribution in [-0.4, -0.2) is 97.3 Å². The molecule has 6 atom stereocenters. The number of carbonyl (C=O) groups excluding carboxylic acids is 1. The summed E-state index contributed by atoms with van der Waals surface area (Å²) in [6.07, 6.45) is -1.84. The number of nitrogens with zero attached hydrogens (tertiary/aromatic N) is 4. The van der Waals surface area contributed by atoms with Crippen LogP contribution in [0.1, 0.15) is 18.9 Å². The molecule has 0 unspecified atom stereocenters. The average Bonchev–Trinajstić information content (AvgIpc) is 3.47. The van der Waals surface area contributed by atoms with Crippen LogP contribution in [0.15, 0.2) is 41.4 Å². The lowest BCUT2D eigenvalue weighted by atomic mass is 9.97. The summed E-state index contributed by atoms with van der Waals surface area (Å²) in [5.74, 6) is -4.87. The van der Waals surface area contributed by atoms with E-state index in [0.29, 0.717) is 29.3 Å². The van der Waals surface area contributed by atoms with Gasteiger partial charge in [0.15, 0.2) is 17.5 Å². The summed E-state index contributed by atoms with van der Waals surface area (Å²) < 4.78 is 54.7. The van der Waals surface area contributed by atoms with Gasteiger partial charge in [0.1, 0.15) is 42.1 Å². The first-order valence-electron chi connectivity index (χ1n) is 13.3. The molecule has 43 heavy (non-hydrogen) atoms. The molecule has 0 bridgehead atoms. The van der Waals surface area contributed by atoms with Crippen molar-refractivity contribution in [1.82, 2.24) is 19.9 Å². The number of aliphatic hydroxyl groups excluding tert-OH is 3. The van der Waals surface area contributed by atoms with Crippen molar-refractivity contribution in [2.45, 2.75) is 53.6 Å². The average molecular weight is 664 g/mol. The number of hydrogen-bond donors (Lipinski definition) is 3. The Balaban J connectivity index is 1.48. The first-order chi connectivity index (χ1) is 20.5. The molecule has 2 fully saturated rings. The standard InChI is InChI=1S/C27H27Cl2F3N4O6S/c28-16-4-3-15(8-17(16)29)43-27-26(41-12-22(39)35-5-1-2-14(38)9-35)24(25(40)21(11-37)42-27)36-10-20(33-34-36)13-6-18(30)23(32)19(31)7-13/h3-4,6-8,10,14,21,24-27,37-38,40H,1-2,5,9,11-12H2/t14-,21-,24+,25+,26-,27-/m1/s1. The SMILES string of the molecule is O=C(CO[C@@H]1[C@@H](n2cc(-c3cc(F)c(F)c(F)c3)nn2)[C@@H](O)[C@@H](CO)O[C@@H]1Sc1ccc(Cl)c(Cl)c1)N1CCC[C@@H](O)C1. The fourth-order valence-electron chi connectivity index (χ4n) is 5.02. The molecule has 1 aromatic heterocycles. The highest BCUT2D eigenvalue weighted by Gasteiger charge is 2.48. The van der Waals surface area contributed by atoms with Gasteiger partial charge in [-0.05, 0) is 43.2 Å². The number of hydrogen-bond acceptors (Lipinski definition) is 9. The minimum Gasteiger partial charge on any atom is -0.394 e. The zero-order chi connectivity index (χ0) is 30.8. The van der Waals surface area contributed by atoms with E-state index >= 15 is 0 Å². The highest BCUT2D eigenvalue weighted by molar-refractivity contribution is 7.99. The highest BCUT2D eigenvalue weighted by Crippen LogP contribution is 2.41. The summed E-state index contributed by atoms with van der Waals surface area (Å²) in [6, 6.07) is 5.24. The molecule has 2 aliphatic rings. The normalized spacial score (nSPS) is 26.1. The lowest BCUT2D eigenvalue weighted by Crippen LogP contribution is -2.56. The Morgan fingerprint density at radius 2 is 1.88 bits per heavy atom. The Morgan fingerprint density at radius 3 is 2.56 bits per heavy atom. The number of likely N-dealkylation sites (tertiary alicyclic amines) is 1. The van der Waals surface area contributed by atoms with Gasteiger partial charge in [0.25, 0.3) is 0 Å². The van der Waals surface area contributed by atoms with Gasteiger partial charge in [-0.3, -0.25) is 4.79 Å². The molecule has 0 aliphatic carbocycles. The van der Waals surface area contributed by atoms with Gasteiger partial charge in [0, 0.05) is 23.5 Å². The Labute approximate surface area is 258 Å². The molecule has 2 aromatic carbocycles. The third-order valence-electron chi connectivity index (χ3n) is 7.21. The van der Waals surface area contributed by atoms with Crippen molar-refractivity contribution in [1.29, 1.82) is 0 Å². The minimum atomic E-state index is -1.64. The molecular weight excluding hydrogens is 636 g/mol. The summed E-state index contributed by atoms with van der Waals surface area (Å²) in [7, 11) is 0.